The van der Waals surface area contributed by atoms with E-state index in [9.17, 15) is 0 Å². The Morgan fingerprint density at radius 3 is 2.74 bits per heavy atom. The third kappa shape index (κ3) is 3.88. The number of nitrogens with one attached hydrogen (secondary N) is 1. The largest absolute Gasteiger partial charge is 0.312 e. The second-order valence-corrected chi connectivity index (χ2v) is 6.40. The van der Waals surface area contributed by atoms with Crippen molar-refractivity contribution in [2.24, 2.45) is 0 Å². The number of aryl methyl sites for hydroxylation is 1. The first-order valence-corrected chi connectivity index (χ1v) is 8.27. The van der Waals surface area contributed by atoms with Gasteiger partial charge in [-0.1, -0.05) is 48.0 Å². The maximum absolute atomic E-state index is 4.78. The molecule has 0 saturated heterocycles. The van der Waals surface area contributed by atoms with Crippen molar-refractivity contribution in [1.29, 1.82) is 0 Å². The van der Waals surface area contributed by atoms with Gasteiger partial charge < -0.3 is 5.32 Å². The summed E-state index contributed by atoms with van der Waals surface area (Å²) in [5.74, 6) is 0. The lowest BCUT2D eigenvalue weighted by Gasteiger charge is -2.00. The van der Waals surface area contributed by atoms with Gasteiger partial charge in [-0.3, -0.25) is 0 Å². The smallest absolute Gasteiger partial charge is 0.0975 e. The molecule has 2 aromatic rings. The van der Waals surface area contributed by atoms with Crippen LogP contribution in [0.3, 0.4) is 0 Å². The van der Waals surface area contributed by atoms with Gasteiger partial charge in [0, 0.05) is 22.3 Å². The first kappa shape index (κ1) is 14.7. The van der Waals surface area contributed by atoms with Crippen molar-refractivity contribution in [3.05, 3.63) is 49.9 Å². The fourth-order valence-electron chi connectivity index (χ4n) is 1.97. The molecule has 1 aromatic heterocycles. The van der Waals surface area contributed by atoms with Gasteiger partial charge in [0.25, 0.3) is 0 Å². The lowest BCUT2D eigenvalue weighted by atomic mass is 10.2. The molecule has 0 fully saturated rings. The van der Waals surface area contributed by atoms with Gasteiger partial charge in [0.2, 0.25) is 0 Å². The van der Waals surface area contributed by atoms with E-state index in [4.69, 9.17) is 4.98 Å². The first-order chi connectivity index (χ1) is 9.24. The first-order valence-electron chi connectivity index (χ1n) is 6.66. The lowest BCUT2D eigenvalue weighted by molar-refractivity contribution is 0.727. The molecular weight excluding hydrogens is 320 g/mol. The highest BCUT2D eigenvalue weighted by molar-refractivity contribution is 9.10. The Hall–Kier alpha value is -0.710. The number of hydrogen-bond donors (Lipinski definition) is 1. The van der Waals surface area contributed by atoms with Crippen LogP contribution >= 0.6 is 27.3 Å². The zero-order valence-corrected chi connectivity index (χ0v) is 13.8. The fourth-order valence-corrected chi connectivity index (χ4v) is 3.54. The number of nitrogens with zero attached hydrogens (tertiary/aromatic N) is 1. The van der Waals surface area contributed by atoms with Gasteiger partial charge in [-0.25, -0.2) is 4.98 Å². The average molecular weight is 339 g/mol. The number of hydrogen-bond acceptors (Lipinski definition) is 3. The molecular formula is C15H19BrN2S. The van der Waals surface area contributed by atoms with Crippen LogP contribution in [-0.4, -0.2) is 11.5 Å². The summed E-state index contributed by atoms with van der Waals surface area (Å²) in [7, 11) is 0. The third-order valence-electron chi connectivity index (χ3n) is 2.99. The molecule has 1 heterocycles. The normalized spacial score (nSPS) is 10.9. The molecule has 0 saturated carbocycles. The van der Waals surface area contributed by atoms with E-state index in [-0.39, 0.29) is 0 Å². The molecule has 0 aliphatic carbocycles. The van der Waals surface area contributed by atoms with Crippen LogP contribution in [0.15, 0.2) is 28.7 Å². The molecule has 0 aliphatic rings. The molecule has 0 bridgehead atoms. The minimum atomic E-state index is 0.908. The standard InChI is InChI=1S/C15H19BrN2S/c1-3-13-14(10-17-4-2)19-15(18-13)9-11-7-5-6-8-12(11)16/h5-8,17H,3-4,9-10H2,1-2H3. The highest BCUT2D eigenvalue weighted by atomic mass is 79.9. The van der Waals surface area contributed by atoms with Crippen molar-refractivity contribution < 1.29 is 0 Å². The number of halogens is 1. The molecule has 102 valence electrons. The molecule has 0 atom stereocenters. The Morgan fingerprint density at radius 1 is 1.26 bits per heavy atom. The molecule has 2 nitrogen and oxygen atoms in total. The van der Waals surface area contributed by atoms with Crippen molar-refractivity contribution in [1.82, 2.24) is 10.3 Å². The van der Waals surface area contributed by atoms with Crippen LogP contribution in [0.2, 0.25) is 0 Å². The summed E-state index contributed by atoms with van der Waals surface area (Å²) in [5.41, 5.74) is 2.54. The molecule has 2 rings (SSSR count). The van der Waals surface area contributed by atoms with Crippen LogP contribution in [0.1, 0.15) is 35.0 Å². The Morgan fingerprint density at radius 2 is 2.05 bits per heavy atom. The zero-order valence-electron chi connectivity index (χ0n) is 11.4. The predicted molar refractivity (Wildman–Crippen MR) is 85.8 cm³/mol. The van der Waals surface area contributed by atoms with Crippen molar-refractivity contribution >= 4 is 27.3 Å². The van der Waals surface area contributed by atoms with E-state index >= 15 is 0 Å². The van der Waals surface area contributed by atoms with E-state index in [1.807, 2.05) is 17.4 Å². The topological polar surface area (TPSA) is 24.9 Å². The summed E-state index contributed by atoms with van der Waals surface area (Å²) < 4.78 is 1.16. The third-order valence-corrected chi connectivity index (χ3v) is 4.86. The van der Waals surface area contributed by atoms with E-state index < -0.39 is 0 Å². The van der Waals surface area contributed by atoms with E-state index in [1.165, 1.54) is 21.1 Å². The summed E-state index contributed by atoms with van der Waals surface area (Å²) in [5, 5.41) is 4.59. The minimum Gasteiger partial charge on any atom is -0.312 e. The maximum Gasteiger partial charge on any atom is 0.0975 e. The molecule has 0 unspecified atom stereocenters. The number of thiazole rings is 1. The van der Waals surface area contributed by atoms with Gasteiger partial charge in [-0.05, 0) is 24.6 Å². The summed E-state index contributed by atoms with van der Waals surface area (Å²) in [6.45, 7) is 6.25. The SMILES string of the molecule is CCNCc1sc(Cc2ccccc2Br)nc1CC. The molecule has 0 aliphatic heterocycles. The number of benzene rings is 1. The predicted octanol–water partition coefficient (Wildman–Crippen LogP) is 4.17. The quantitative estimate of drug-likeness (QED) is 0.854. The molecule has 1 aromatic carbocycles. The van der Waals surface area contributed by atoms with Crippen molar-refractivity contribution in [2.45, 2.75) is 33.2 Å². The van der Waals surface area contributed by atoms with Crippen molar-refractivity contribution in [3.8, 4) is 0 Å². The van der Waals surface area contributed by atoms with Crippen LogP contribution in [-0.2, 0) is 19.4 Å². The second-order valence-electron chi connectivity index (χ2n) is 4.38. The molecule has 4 heteroatoms. The lowest BCUT2D eigenvalue weighted by Crippen LogP contribution is -2.11. The number of rotatable bonds is 6. The molecule has 19 heavy (non-hydrogen) atoms. The number of aromatic nitrogens is 1. The van der Waals surface area contributed by atoms with Gasteiger partial charge in [-0.15, -0.1) is 11.3 Å². The summed E-state index contributed by atoms with van der Waals surface area (Å²) in [4.78, 5) is 6.16. The van der Waals surface area contributed by atoms with Gasteiger partial charge in [0.05, 0.1) is 10.7 Å². The van der Waals surface area contributed by atoms with Crippen molar-refractivity contribution in [2.75, 3.05) is 6.54 Å². The Kier molecular flexibility index (Phi) is 5.55. The summed E-state index contributed by atoms with van der Waals surface area (Å²) in [6, 6.07) is 8.36. The van der Waals surface area contributed by atoms with Gasteiger partial charge >= 0.3 is 0 Å². The molecule has 0 radical (unpaired) electrons. The van der Waals surface area contributed by atoms with E-state index in [2.05, 4.69) is 53.3 Å². The van der Waals surface area contributed by atoms with Crippen LogP contribution in [0.5, 0.6) is 0 Å². The van der Waals surface area contributed by atoms with Crippen LogP contribution < -0.4 is 5.32 Å². The molecule has 1 N–H and O–H groups in total. The fraction of sp³-hybridized carbons (Fsp3) is 0.400. The summed E-state index contributed by atoms with van der Waals surface area (Å²) in [6.07, 6.45) is 1.92. The van der Waals surface area contributed by atoms with E-state index in [1.54, 1.807) is 0 Å². The molecule has 0 spiro atoms. The zero-order chi connectivity index (χ0) is 13.7. The monoisotopic (exact) mass is 338 g/mol. The second kappa shape index (κ2) is 7.17. The van der Waals surface area contributed by atoms with Crippen molar-refractivity contribution in [3.63, 3.8) is 0 Å². The Bertz CT molecular complexity index is 537. The maximum atomic E-state index is 4.78. The van der Waals surface area contributed by atoms with E-state index in [0.717, 1.165) is 30.4 Å². The average Bonchev–Trinajstić information content (AvgIpc) is 2.81. The van der Waals surface area contributed by atoms with Gasteiger partial charge in [-0.2, -0.15) is 0 Å². The minimum absolute atomic E-state index is 0.908. The Labute approximate surface area is 127 Å². The molecule has 0 amide bonds. The van der Waals surface area contributed by atoms with Gasteiger partial charge in [0.1, 0.15) is 0 Å². The van der Waals surface area contributed by atoms with Crippen LogP contribution in [0.25, 0.3) is 0 Å². The highest BCUT2D eigenvalue weighted by Crippen LogP contribution is 2.25. The summed E-state index contributed by atoms with van der Waals surface area (Å²) >= 11 is 5.44. The van der Waals surface area contributed by atoms with E-state index in [0.29, 0.717) is 0 Å². The van der Waals surface area contributed by atoms with Crippen LogP contribution in [0.4, 0.5) is 0 Å². The van der Waals surface area contributed by atoms with Crippen LogP contribution in [0, 0.1) is 0 Å². The van der Waals surface area contributed by atoms with Gasteiger partial charge in [0.15, 0.2) is 0 Å². The Balaban J connectivity index is 2.17. The highest BCUT2D eigenvalue weighted by Gasteiger charge is 2.10.